The normalized spacial score (nSPS) is 29.9. The zero-order valence-electron chi connectivity index (χ0n) is 12.0. The fraction of sp³-hybridized carbons (Fsp3) is 0.875. The van der Waals surface area contributed by atoms with Gasteiger partial charge in [-0.15, -0.1) is 12.3 Å². The molecule has 1 heterocycles. The topological polar surface area (TPSA) is 15.3 Å². The van der Waals surface area contributed by atoms with Crippen molar-refractivity contribution in [3.8, 4) is 12.3 Å². The highest BCUT2D eigenvalue weighted by Crippen LogP contribution is 2.33. The van der Waals surface area contributed by atoms with Crippen LogP contribution in [0.5, 0.6) is 0 Å². The van der Waals surface area contributed by atoms with E-state index >= 15 is 0 Å². The van der Waals surface area contributed by atoms with Crippen molar-refractivity contribution < 1.29 is 0 Å². The van der Waals surface area contributed by atoms with Crippen LogP contribution in [0.4, 0.5) is 0 Å². The molecule has 2 unspecified atom stereocenters. The van der Waals surface area contributed by atoms with Crippen LogP contribution in [0.2, 0.25) is 0 Å². The summed E-state index contributed by atoms with van der Waals surface area (Å²) in [6.07, 6.45) is 14.5. The van der Waals surface area contributed by atoms with Crippen molar-refractivity contribution in [1.29, 1.82) is 0 Å². The summed E-state index contributed by atoms with van der Waals surface area (Å²) in [6, 6.07) is 1.20. The standard InChI is InChI=1S/C16H28N2/c1-4-9-14(3)18-13-16(10-7-6-8-11-16)17-12-15(18)5-2/h1,14-15,17H,5-13H2,2-3H3. The summed E-state index contributed by atoms with van der Waals surface area (Å²) in [5, 5.41) is 3.87. The van der Waals surface area contributed by atoms with Gasteiger partial charge in [0.2, 0.25) is 0 Å². The highest BCUT2D eigenvalue weighted by atomic mass is 15.3. The summed E-state index contributed by atoms with van der Waals surface area (Å²) in [5.74, 6) is 2.84. The van der Waals surface area contributed by atoms with Crippen molar-refractivity contribution in [3.63, 3.8) is 0 Å². The molecule has 18 heavy (non-hydrogen) atoms. The first-order valence-corrected chi connectivity index (χ1v) is 7.65. The van der Waals surface area contributed by atoms with E-state index in [9.17, 15) is 0 Å². The quantitative estimate of drug-likeness (QED) is 0.773. The molecule has 2 fully saturated rings. The predicted octanol–water partition coefficient (Wildman–Crippen LogP) is 2.78. The van der Waals surface area contributed by atoms with Gasteiger partial charge in [0, 0.05) is 37.1 Å². The summed E-state index contributed by atoms with van der Waals surface area (Å²) < 4.78 is 0. The van der Waals surface area contributed by atoms with Crippen LogP contribution >= 0.6 is 0 Å². The molecule has 1 saturated heterocycles. The van der Waals surface area contributed by atoms with E-state index in [1.165, 1.54) is 45.1 Å². The van der Waals surface area contributed by atoms with Crippen molar-refractivity contribution in [2.45, 2.75) is 76.4 Å². The Hall–Kier alpha value is -0.520. The first-order valence-electron chi connectivity index (χ1n) is 7.65. The van der Waals surface area contributed by atoms with E-state index in [-0.39, 0.29) is 0 Å². The highest BCUT2D eigenvalue weighted by Gasteiger charge is 2.40. The average molecular weight is 248 g/mol. The lowest BCUT2D eigenvalue weighted by molar-refractivity contribution is 0.0289. The Morgan fingerprint density at radius 2 is 2.11 bits per heavy atom. The first-order chi connectivity index (χ1) is 8.71. The third-order valence-electron chi connectivity index (χ3n) is 4.93. The zero-order valence-corrected chi connectivity index (χ0v) is 12.0. The number of rotatable bonds is 3. The molecule has 0 aromatic heterocycles. The maximum Gasteiger partial charge on any atom is 0.0309 e. The zero-order chi connectivity index (χ0) is 13.0. The Balaban J connectivity index is 2.06. The summed E-state index contributed by atoms with van der Waals surface area (Å²) in [5.41, 5.74) is 0.396. The van der Waals surface area contributed by atoms with Crippen molar-refractivity contribution in [1.82, 2.24) is 10.2 Å². The van der Waals surface area contributed by atoms with Crippen molar-refractivity contribution in [2.24, 2.45) is 0 Å². The van der Waals surface area contributed by atoms with E-state index in [1.54, 1.807) is 0 Å². The maximum absolute atomic E-state index is 5.50. The van der Waals surface area contributed by atoms with Crippen molar-refractivity contribution in [2.75, 3.05) is 13.1 Å². The van der Waals surface area contributed by atoms with E-state index in [0.29, 0.717) is 17.6 Å². The molecule has 1 aliphatic carbocycles. The number of hydrogen-bond acceptors (Lipinski definition) is 2. The Bertz CT molecular complexity index is 299. The van der Waals surface area contributed by atoms with Gasteiger partial charge < -0.3 is 5.32 Å². The van der Waals surface area contributed by atoms with E-state index in [4.69, 9.17) is 6.42 Å². The van der Waals surface area contributed by atoms with Gasteiger partial charge in [0.25, 0.3) is 0 Å². The van der Waals surface area contributed by atoms with Crippen LogP contribution in [-0.2, 0) is 0 Å². The molecule has 2 atom stereocenters. The van der Waals surface area contributed by atoms with Crippen LogP contribution in [0.15, 0.2) is 0 Å². The second-order valence-electron chi connectivity index (χ2n) is 6.21. The van der Waals surface area contributed by atoms with Crippen LogP contribution < -0.4 is 5.32 Å². The van der Waals surface area contributed by atoms with Crippen LogP contribution in [0.1, 0.15) is 58.8 Å². The molecule has 0 radical (unpaired) electrons. The summed E-state index contributed by atoms with van der Waals surface area (Å²) >= 11 is 0. The fourth-order valence-corrected chi connectivity index (χ4v) is 3.73. The van der Waals surface area contributed by atoms with E-state index in [1.807, 2.05) is 0 Å². The third kappa shape index (κ3) is 2.90. The number of hydrogen-bond donors (Lipinski definition) is 1. The molecule has 2 nitrogen and oxygen atoms in total. The number of piperazine rings is 1. The van der Waals surface area contributed by atoms with Crippen LogP contribution in [0.3, 0.4) is 0 Å². The minimum absolute atomic E-state index is 0.396. The molecule has 0 aromatic rings. The second-order valence-corrected chi connectivity index (χ2v) is 6.21. The number of nitrogens with zero attached hydrogens (tertiary/aromatic N) is 1. The lowest BCUT2D eigenvalue weighted by atomic mass is 9.78. The Morgan fingerprint density at radius 1 is 1.39 bits per heavy atom. The van der Waals surface area contributed by atoms with Crippen molar-refractivity contribution in [3.05, 3.63) is 0 Å². The van der Waals surface area contributed by atoms with Gasteiger partial charge >= 0.3 is 0 Å². The monoisotopic (exact) mass is 248 g/mol. The largest absolute Gasteiger partial charge is 0.308 e. The molecular formula is C16H28N2. The van der Waals surface area contributed by atoms with Gasteiger partial charge in [-0.3, -0.25) is 4.90 Å². The predicted molar refractivity (Wildman–Crippen MR) is 77.5 cm³/mol. The van der Waals surface area contributed by atoms with Gasteiger partial charge in [-0.2, -0.15) is 0 Å². The molecule has 2 heteroatoms. The molecular weight excluding hydrogens is 220 g/mol. The van der Waals surface area contributed by atoms with Crippen LogP contribution in [0, 0.1) is 12.3 Å². The Kier molecular flexibility index (Phi) is 4.70. The molecule has 0 aromatic carbocycles. The minimum Gasteiger partial charge on any atom is -0.308 e. The highest BCUT2D eigenvalue weighted by molar-refractivity contribution is 5.02. The summed E-state index contributed by atoms with van der Waals surface area (Å²) in [4.78, 5) is 2.68. The summed E-state index contributed by atoms with van der Waals surface area (Å²) in [7, 11) is 0. The van der Waals surface area contributed by atoms with Crippen molar-refractivity contribution >= 4 is 0 Å². The van der Waals surface area contributed by atoms with Gasteiger partial charge in [0.1, 0.15) is 0 Å². The maximum atomic E-state index is 5.50. The molecule has 1 saturated carbocycles. The SMILES string of the molecule is C#CCC(C)N1CC2(CCCCC2)NCC1CC. The Morgan fingerprint density at radius 3 is 2.72 bits per heavy atom. The minimum atomic E-state index is 0.396. The second kappa shape index (κ2) is 6.08. The lowest BCUT2D eigenvalue weighted by Gasteiger charge is -2.51. The van der Waals surface area contributed by atoms with Gasteiger partial charge in [-0.05, 0) is 26.2 Å². The molecule has 0 bridgehead atoms. The van der Waals surface area contributed by atoms with Gasteiger partial charge in [-0.25, -0.2) is 0 Å². The number of terminal acetylenes is 1. The van der Waals surface area contributed by atoms with E-state index < -0.39 is 0 Å². The third-order valence-corrected chi connectivity index (χ3v) is 4.93. The van der Waals surface area contributed by atoms with E-state index in [0.717, 1.165) is 13.0 Å². The smallest absolute Gasteiger partial charge is 0.0309 e. The lowest BCUT2D eigenvalue weighted by Crippen LogP contribution is -2.66. The molecule has 2 aliphatic rings. The molecule has 1 N–H and O–H groups in total. The van der Waals surface area contributed by atoms with Crippen LogP contribution in [-0.4, -0.2) is 35.6 Å². The molecule has 2 rings (SSSR count). The molecule has 102 valence electrons. The van der Waals surface area contributed by atoms with E-state index in [2.05, 4.69) is 30.0 Å². The van der Waals surface area contributed by atoms with Crippen LogP contribution in [0.25, 0.3) is 0 Å². The molecule has 1 spiro atoms. The van der Waals surface area contributed by atoms with Gasteiger partial charge in [0.15, 0.2) is 0 Å². The Labute approximate surface area is 113 Å². The number of nitrogens with one attached hydrogen (secondary N) is 1. The van der Waals surface area contributed by atoms with Gasteiger partial charge in [-0.1, -0.05) is 26.2 Å². The average Bonchev–Trinajstić information content (AvgIpc) is 2.40. The first kappa shape index (κ1) is 13.9. The molecule has 0 amide bonds. The summed E-state index contributed by atoms with van der Waals surface area (Å²) in [6.45, 7) is 6.94. The fourth-order valence-electron chi connectivity index (χ4n) is 3.73. The van der Waals surface area contributed by atoms with Gasteiger partial charge in [0.05, 0.1) is 0 Å². The molecule has 1 aliphatic heterocycles.